The van der Waals surface area contributed by atoms with Crippen molar-refractivity contribution < 1.29 is 9.59 Å². The summed E-state index contributed by atoms with van der Waals surface area (Å²) in [5, 5.41) is 17.4. The summed E-state index contributed by atoms with van der Waals surface area (Å²) in [7, 11) is 0. The van der Waals surface area contributed by atoms with Crippen LogP contribution in [0.15, 0.2) is 34.9 Å². The average molecular weight is 471 g/mol. The van der Waals surface area contributed by atoms with E-state index in [1.54, 1.807) is 23.7 Å². The Morgan fingerprint density at radius 1 is 1.28 bits per heavy atom. The third-order valence-corrected chi connectivity index (χ3v) is 5.91. The van der Waals surface area contributed by atoms with E-state index >= 15 is 0 Å². The predicted molar refractivity (Wildman–Crippen MR) is 115 cm³/mol. The van der Waals surface area contributed by atoms with Gasteiger partial charge < -0.3 is 15.2 Å². The van der Waals surface area contributed by atoms with Crippen molar-refractivity contribution in [2.24, 2.45) is 0 Å². The Labute approximate surface area is 185 Å². The standard InChI is InChI=1S/C17H16Cl2N6O2S2/c1-2-25-13(8-21-15(27)11-4-3-10(18)7-12(11)19)23-24-17(25)29-9-14(26)22-16-20-5-6-28-16/h3-7H,2,8-9H2,1H3,(H,21,27)(H,20,22,26). The van der Waals surface area contributed by atoms with Gasteiger partial charge in [-0.3, -0.25) is 9.59 Å². The predicted octanol–water partition coefficient (Wildman–Crippen LogP) is 3.72. The maximum Gasteiger partial charge on any atom is 0.253 e. The monoisotopic (exact) mass is 470 g/mol. The quantitative estimate of drug-likeness (QED) is 0.486. The summed E-state index contributed by atoms with van der Waals surface area (Å²) < 4.78 is 1.84. The number of hydrogen-bond acceptors (Lipinski definition) is 7. The Morgan fingerprint density at radius 3 is 2.79 bits per heavy atom. The van der Waals surface area contributed by atoms with E-state index in [9.17, 15) is 9.59 Å². The van der Waals surface area contributed by atoms with Crippen molar-refractivity contribution in [1.29, 1.82) is 0 Å². The second-order valence-corrected chi connectivity index (χ2v) is 8.30. The molecule has 0 aliphatic carbocycles. The van der Waals surface area contributed by atoms with Crippen LogP contribution >= 0.6 is 46.3 Å². The lowest BCUT2D eigenvalue weighted by molar-refractivity contribution is -0.113. The van der Waals surface area contributed by atoms with Crippen molar-refractivity contribution in [2.45, 2.75) is 25.2 Å². The number of benzene rings is 1. The van der Waals surface area contributed by atoms with E-state index < -0.39 is 0 Å². The molecule has 0 radical (unpaired) electrons. The number of amides is 2. The molecule has 2 N–H and O–H groups in total. The van der Waals surface area contributed by atoms with Crippen LogP contribution in [0.25, 0.3) is 0 Å². The fraction of sp³-hybridized carbons (Fsp3) is 0.235. The third-order valence-electron chi connectivity index (χ3n) is 3.70. The van der Waals surface area contributed by atoms with Gasteiger partial charge in [-0.15, -0.1) is 21.5 Å². The lowest BCUT2D eigenvalue weighted by atomic mass is 10.2. The molecule has 0 aliphatic rings. The number of anilines is 1. The number of hydrogen-bond donors (Lipinski definition) is 2. The molecule has 0 saturated heterocycles. The number of thiazole rings is 1. The van der Waals surface area contributed by atoms with Gasteiger partial charge in [0, 0.05) is 23.1 Å². The number of carbonyl (C=O) groups excluding carboxylic acids is 2. The molecule has 29 heavy (non-hydrogen) atoms. The van der Waals surface area contributed by atoms with Gasteiger partial charge in [0.05, 0.1) is 22.9 Å². The maximum absolute atomic E-state index is 12.4. The van der Waals surface area contributed by atoms with Crippen LogP contribution in [0.1, 0.15) is 23.1 Å². The number of thioether (sulfide) groups is 1. The molecule has 2 amide bonds. The first kappa shape index (κ1) is 21.6. The second-order valence-electron chi connectivity index (χ2n) is 5.62. The SMILES string of the molecule is CCn1c(CNC(=O)c2ccc(Cl)cc2Cl)nnc1SCC(=O)Nc1nccs1. The zero-order chi connectivity index (χ0) is 20.8. The summed E-state index contributed by atoms with van der Waals surface area (Å²) >= 11 is 14.5. The van der Waals surface area contributed by atoms with Crippen LogP contribution in [0.3, 0.4) is 0 Å². The summed E-state index contributed by atoms with van der Waals surface area (Å²) in [5.41, 5.74) is 0.326. The van der Waals surface area contributed by atoms with Crippen LogP contribution < -0.4 is 10.6 Å². The fourth-order valence-electron chi connectivity index (χ4n) is 2.37. The van der Waals surface area contributed by atoms with Gasteiger partial charge in [-0.2, -0.15) is 0 Å². The first-order valence-corrected chi connectivity index (χ1v) is 11.1. The number of rotatable bonds is 8. The van der Waals surface area contributed by atoms with Crippen LogP contribution in [-0.4, -0.2) is 37.3 Å². The highest BCUT2D eigenvalue weighted by molar-refractivity contribution is 7.99. The highest BCUT2D eigenvalue weighted by Crippen LogP contribution is 2.21. The highest BCUT2D eigenvalue weighted by Gasteiger charge is 2.16. The summed E-state index contributed by atoms with van der Waals surface area (Å²) in [4.78, 5) is 28.4. The van der Waals surface area contributed by atoms with Crippen molar-refractivity contribution in [1.82, 2.24) is 25.1 Å². The molecule has 8 nitrogen and oxygen atoms in total. The first-order chi connectivity index (χ1) is 14.0. The van der Waals surface area contributed by atoms with Crippen molar-refractivity contribution in [2.75, 3.05) is 11.1 Å². The van der Waals surface area contributed by atoms with Gasteiger partial charge in [-0.1, -0.05) is 35.0 Å². The molecule has 2 aromatic heterocycles. The molecule has 3 rings (SSSR count). The minimum absolute atomic E-state index is 0.171. The van der Waals surface area contributed by atoms with Crippen LogP contribution in [0.4, 0.5) is 5.13 Å². The van der Waals surface area contributed by atoms with Gasteiger partial charge in [0.25, 0.3) is 5.91 Å². The molecule has 0 spiro atoms. The normalized spacial score (nSPS) is 10.7. The Morgan fingerprint density at radius 2 is 2.10 bits per heavy atom. The molecule has 0 bridgehead atoms. The van der Waals surface area contributed by atoms with Crippen molar-refractivity contribution >= 4 is 63.2 Å². The van der Waals surface area contributed by atoms with E-state index in [0.717, 1.165) is 0 Å². The molecular weight excluding hydrogens is 455 g/mol. The zero-order valence-corrected chi connectivity index (χ0v) is 18.3. The Hall–Kier alpha value is -2.14. The zero-order valence-electron chi connectivity index (χ0n) is 15.2. The van der Waals surface area contributed by atoms with Crippen molar-refractivity contribution in [3.05, 3.63) is 51.2 Å². The molecule has 1 aromatic carbocycles. The van der Waals surface area contributed by atoms with E-state index in [1.165, 1.54) is 29.2 Å². The molecule has 0 atom stereocenters. The summed E-state index contributed by atoms with van der Waals surface area (Å²) in [6.07, 6.45) is 1.62. The van der Waals surface area contributed by atoms with Gasteiger partial charge in [0.15, 0.2) is 16.1 Å². The molecule has 0 saturated carbocycles. The lowest BCUT2D eigenvalue weighted by Gasteiger charge is -2.09. The lowest BCUT2D eigenvalue weighted by Crippen LogP contribution is -2.25. The third kappa shape index (κ3) is 5.69. The highest BCUT2D eigenvalue weighted by atomic mass is 35.5. The average Bonchev–Trinajstić information content (AvgIpc) is 3.33. The molecule has 12 heteroatoms. The van der Waals surface area contributed by atoms with E-state index in [4.69, 9.17) is 23.2 Å². The van der Waals surface area contributed by atoms with E-state index in [1.807, 2.05) is 11.5 Å². The number of aromatic nitrogens is 4. The van der Waals surface area contributed by atoms with E-state index in [-0.39, 0.29) is 29.1 Å². The van der Waals surface area contributed by atoms with Gasteiger partial charge in [-0.25, -0.2) is 4.98 Å². The van der Waals surface area contributed by atoms with Crippen molar-refractivity contribution in [3.8, 4) is 0 Å². The molecule has 0 aliphatic heterocycles. The smallest absolute Gasteiger partial charge is 0.253 e. The molecule has 0 unspecified atom stereocenters. The molecule has 152 valence electrons. The Balaban J connectivity index is 1.58. The fourth-order valence-corrected chi connectivity index (χ4v) is 4.23. The van der Waals surface area contributed by atoms with Crippen LogP contribution in [0, 0.1) is 0 Å². The second kappa shape index (κ2) is 10.1. The van der Waals surface area contributed by atoms with Gasteiger partial charge in [-0.05, 0) is 25.1 Å². The van der Waals surface area contributed by atoms with Gasteiger partial charge in [0.1, 0.15) is 0 Å². The number of nitrogens with one attached hydrogen (secondary N) is 2. The topological polar surface area (TPSA) is 102 Å². The summed E-state index contributed by atoms with van der Waals surface area (Å²) in [5.74, 6) is 0.232. The van der Waals surface area contributed by atoms with Crippen LogP contribution in [0.2, 0.25) is 10.0 Å². The maximum atomic E-state index is 12.4. The Kier molecular flexibility index (Phi) is 7.48. The summed E-state index contributed by atoms with van der Waals surface area (Å²) in [6, 6.07) is 4.67. The largest absolute Gasteiger partial charge is 0.345 e. The van der Waals surface area contributed by atoms with Gasteiger partial charge >= 0.3 is 0 Å². The molecule has 2 heterocycles. The van der Waals surface area contributed by atoms with E-state index in [0.29, 0.717) is 33.2 Å². The molecule has 0 fully saturated rings. The van der Waals surface area contributed by atoms with E-state index in [2.05, 4.69) is 25.8 Å². The first-order valence-electron chi connectivity index (χ1n) is 8.45. The number of carbonyl (C=O) groups is 2. The molecule has 3 aromatic rings. The van der Waals surface area contributed by atoms with Crippen LogP contribution in [-0.2, 0) is 17.9 Å². The minimum atomic E-state index is -0.339. The minimum Gasteiger partial charge on any atom is -0.345 e. The number of nitrogens with zero attached hydrogens (tertiary/aromatic N) is 4. The molecular formula is C17H16Cl2N6O2S2. The van der Waals surface area contributed by atoms with Crippen molar-refractivity contribution in [3.63, 3.8) is 0 Å². The van der Waals surface area contributed by atoms with Crippen LogP contribution in [0.5, 0.6) is 0 Å². The summed E-state index contributed by atoms with van der Waals surface area (Å²) in [6.45, 7) is 2.70. The Bertz CT molecular complexity index is 1010. The van der Waals surface area contributed by atoms with Gasteiger partial charge in [0.2, 0.25) is 5.91 Å². The number of halogens is 2.